The highest BCUT2D eigenvalue weighted by atomic mass is 16.7. The first kappa shape index (κ1) is 12.2. The van der Waals surface area contributed by atoms with Crippen molar-refractivity contribution in [3.05, 3.63) is 0 Å². The molecule has 0 aromatic heterocycles. The highest BCUT2D eigenvalue weighted by Crippen LogP contribution is 2.23. The van der Waals surface area contributed by atoms with E-state index in [-0.39, 0.29) is 12.7 Å². The van der Waals surface area contributed by atoms with E-state index in [2.05, 4.69) is 0 Å². The number of hydrogen-bond donors (Lipinski definition) is 4. The molecule has 16 heavy (non-hydrogen) atoms. The molecule has 2 saturated heterocycles. The normalized spacial score (nSPS) is 48.0. The summed E-state index contributed by atoms with van der Waals surface area (Å²) in [5, 5.41) is 37.4. The maximum absolute atomic E-state index is 9.57. The molecular weight excluding hydrogens is 220 g/mol. The van der Waals surface area contributed by atoms with Crippen LogP contribution in [0.25, 0.3) is 0 Å². The van der Waals surface area contributed by atoms with Crippen LogP contribution in [0.4, 0.5) is 0 Å². The maximum atomic E-state index is 9.57. The minimum atomic E-state index is -1.39. The minimum Gasteiger partial charge on any atom is -0.394 e. The van der Waals surface area contributed by atoms with Gasteiger partial charge in [0.15, 0.2) is 6.29 Å². The van der Waals surface area contributed by atoms with Crippen LogP contribution in [0.3, 0.4) is 0 Å². The van der Waals surface area contributed by atoms with Gasteiger partial charge >= 0.3 is 0 Å². The molecule has 2 aliphatic rings. The van der Waals surface area contributed by atoms with Crippen molar-refractivity contribution in [3.63, 3.8) is 0 Å². The van der Waals surface area contributed by atoms with Crippen molar-refractivity contribution in [1.82, 2.24) is 0 Å². The third kappa shape index (κ3) is 2.51. The Kier molecular flexibility index (Phi) is 3.75. The number of aliphatic hydroxyl groups excluding tert-OH is 4. The smallest absolute Gasteiger partial charge is 0.186 e. The van der Waals surface area contributed by atoms with Crippen LogP contribution >= 0.6 is 0 Å². The zero-order valence-corrected chi connectivity index (χ0v) is 8.60. The van der Waals surface area contributed by atoms with E-state index in [4.69, 9.17) is 19.3 Å². The second kappa shape index (κ2) is 4.92. The number of epoxide rings is 1. The van der Waals surface area contributed by atoms with E-state index in [1.165, 1.54) is 0 Å². The minimum absolute atomic E-state index is 0.00682. The van der Waals surface area contributed by atoms with Crippen molar-refractivity contribution < 1.29 is 34.6 Å². The highest BCUT2D eigenvalue weighted by molar-refractivity contribution is 4.89. The Morgan fingerprint density at radius 2 is 1.81 bits per heavy atom. The van der Waals surface area contributed by atoms with Gasteiger partial charge in [0.25, 0.3) is 0 Å². The first-order valence-electron chi connectivity index (χ1n) is 5.17. The molecule has 0 radical (unpaired) electrons. The van der Waals surface area contributed by atoms with Gasteiger partial charge in [0.2, 0.25) is 0 Å². The molecule has 0 spiro atoms. The van der Waals surface area contributed by atoms with Crippen molar-refractivity contribution in [2.45, 2.75) is 36.8 Å². The zero-order chi connectivity index (χ0) is 11.7. The van der Waals surface area contributed by atoms with Gasteiger partial charge in [-0.2, -0.15) is 0 Å². The average Bonchev–Trinajstić information content (AvgIpc) is 3.09. The Balaban J connectivity index is 1.89. The molecule has 2 aliphatic heterocycles. The van der Waals surface area contributed by atoms with Crippen molar-refractivity contribution in [2.75, 3.05) is 19.8 Å². The van der Waals surface area contributed by atoms with Crippen LogP contribution in [0, 0.1) is 0 Å². The molecule has 0 aromatic rings. The van der Waals surface area contributed by atoms with E-state index < -0.39 is 37.3 Å². The lowest BCUT2D eigenvalue weighted by molar-refractivity contribution is -0.301. The summed E-state index contributed by atoms with van der Waals surface area (Å²) in [6.07, 6.45) is -6.06. The summed E-state index contributed by atoms with van der Waals surface area (Å²) >= 11 is 0. The lowest BCUT2D eigenvalue weighted by Crippen LogP contribution is -2.59. The van der Waals surface area contributed by atoms with Crippen LogP contribution in [-0.4, -0.2) is 77.1 Å². The molecule has 2 fully saturated rings. The quantitative estimate of drug-likeness (QED) is 0.390. The summed E-state index contributed by atoms with van der Waals surface area (Å²) in [6, 6.07) is 0. The number of hydrogen-bond acceptors (Lipinski definition) is 7. The van der Waals surface area contributed by atoms with E-state index in [0.717, 1.165) is 0 Å². The molecule has 1 unspecified atom stereocenters. The number of ether oxygens (including phenoxy) is 3. The summed E-state index contributed by atoms with van der Waals surface area (Å²) < 4.78 is 15.2. The first-order valence-corrected chi connectivity index (χ1v) is 5.17. The average molecular weight is 236 g/mol. The predicted octanol–water partition coefficient (Wildman–Crippen LogP) is -2.80. The SMILES string of the molecule is OC[C@H]1O[C@@H](OCC2CO2)[C@H](O)[C@@H](O)[C@H]1O. The summed E-state index contributed by atoms with van der Waals surface area (Å²) in [7, 11) is 0. The molecule has 7 nitrogen and oxygen atoms in total. The van der Waals surface area contributed by atoms with Gasteiger partial charge in [-0.25, -0.2) is 0 Å². The molecule has 4 N–H and O–H groups in total. The van der Waals surface area contributed by atoms with Crippen LogP contribution in [0.1, 0.15) is 0 Å². The Morgan fingerprint density at radius 3 is 2.38 bits per heavy atom. The first-order chi connectivity index (χ1) is 7.63. The molecule has 0 amide bonds. The van der Waals surface area contributed by atoms with Crippen LogP contribution in [0.15, 0.2) is 0 Å². The molecule has 0 bridgehead atoms. The largest absolute Gasteiger partial charge is 0.394 e. The monoisotopic (exact) mass is 236 g/mol. The standard InChI is InChI=1S/C9H16O7/c10-1-5-6(11)7(12)8(13)9(16-5)15-3-4-2-14-4/h4-13H,1-3H2/t4?,5-,6+,7+,8-,9-/m1/s1. The van der Waals surface area contributed by atoms with Crippen molar-refractivity contribution in [1.29, 1.82) is 0 Å². The van der Waals surface area contributed by atoms with Gasteiger partial charge < -0.3 is 34.6 Å². The summed E-state index contributed by atoms with van der Waals surface area (Å²) in [5.74, 6) is 0. The van der Waals surface area contributed by atoms with E-state index in [9.17, 15) is 15.3 Å². The van der Waals surface area contributed by atoms with Gasteiger partial charge in [-0.3, -0.25) is 0 Å². The van der Waals surface area contributed by atoms with Gasteiger partial charge in [0, 0.05) is 0 Å². The fraction of sp³-hybridized carbons (Fsp3) is 1.00. The Labute approximate surface area is 92.2 Å². The molecule has 94 valence electrons. The van der Waals surface area contributed by atoms with Crippen molar-refractivity contribution in [3.8, 4) is 0 Å². The van der Waals surface area contributed by atoms with Gasteiger partial charge in [0.1, 0.15) is 30.5 Å². The zero-order valence-electron chi connectivity index (χ0n) is 8.60. The van der Waals surface area contributed by atoms with Gasteiger partial charge in [-0.15, -0.1) is 0 Å². The molecular formula is C9H16O7. The summed E-state index contributed by atoms with van der Waals surface area (Å²) in [6.45, 7) is 0.408. The lowest BCUT2D eigenvalue weighted by Gasteiger charge is -2.39. The van der Waals surface area contributed by atoms with E-state index in [1.807, 2.05) is 0 Å². The second-order valence-electron chi connectivity index (χ2n) is 3.99. The summed E-state index contributed by atoms with van der Waals surface area (Å²) in [5.41, 5.74) is 0. The Hall–Kier alpha value is -0.280. The van der Waals surface area contributed by atoms with Crippen LogP contribution in [0.5, 0.6) is 0 Å². The molecule has 0 aromatic carbocycles. The third-order valence-electron chi connectivity index (χ3n) is 2.70. The van der Waals surface area contributed by atoms with Crippen molar-refractivity contribution in [2.24, 2.45) is 0 Å². The van der Waals surface area contributed by atoms with Gasteiger partial charge in [-0.05, 0) is 0 Å². The highest BCUT2D eigenvalue weighted by Gasteiger charge is 2.44. The third-order valence-corrected chi connectivity index (χ3v) is 2.70. The van der Waals surface area contributed by atoms with E-state index in [1.54, 1.807) is 0 Å². The maximum Gasteiger partial charge on any atom is 0.186 e. The van der Waals surface area contributed by atoms with Crippen LogP contribution < -0.4 is 0 Å². The Bertz CT molecular complexity index is 230. The molecule has 7 heteroatoms. The molecule has 0 saturated carbocycles. The van der Waals surface area contributed by atoms with E-state index >= 15 is 0 Å². The number of rotatable bonds is 4. The predicted molar refractivity (Wildman–Crippen MR) is 49.5 cm³/mol. The topological polar surface area (TPSA) is 112 Å². The Morgan fingerprint density at radius 1 is 1.12 bits per heavy atom. The second-order valence-corrected chi connectivity index (χ2v) is 3.99. The fourth-order valence-corrected chi connectivity index (χ4v) is 1.57. The van der Waals surface area contributed by atoms with Gasteiger partial charge in [0.05, 0.1) is 19.8 Å². The van der Waals surface area contributed by atoms with Gasteiger partial charge in [-0.1, -0.05) is 0 Å². The molecule has 2 rings (SSSR count). The molecule has 0 aliphatic carbocycles. The molecule has 2 heterocycles. The van der Waals surface area contributed by atoms with Crippen molar-refractivity contribution >= 4 is 0 Å². The fourth-order valence-electron chi connectivity index (χ4n) is 1.57. The van der Waals surface area contributed by atoms with E-state index in [0.29, 0.717) is 6.61 Å². The summed E-state index contributed by atoms with van der Waals surface area (Å²) in [4.78, 5) is 0. The number of aliphatic hydroxyl groups is 4. The lowest BCUT2D eigenvalue weighted by atomic mass is 9.99. The molecule has 6 atom stereocenters. The van der Waals surface area contributed by atoms with Crippen LogP contribution in [-0.2, 0) is 14.2 Å². The van der Waals surface area contributed by atoms with Crippen LogP contribution in [0.2, 0.25) is 0 Å².